The number of nitrogens with two attached hydrogens (primary N) is 1. The lowest BCUT2D eigenvalue weighted by Gasteiger charge is -2.27. The second-order valence-corrected chi connectivity index (χ2v) is 7.00. The van der Waals surface area contributed by atoms with E-state index in [1.807, 2.05) is 32.0 Å². The standard InChI is InChI=1S/C19H26FN3O/c1-13(2)10-19(4,21)12-24-18-6-5-16(23-17(18)11-20)15-7-8-22-14(3)9-15/h5-9,13H,10-12,21H2,1-4H3/t19-/m0/s1. The summed E-state index contributed by atoms with van der Waals surface area (Å²) >= 11 is 0. The second-order valence-electron chi connectivity index (χ2n) is 7.00. The van der Waals surface area contributed by atoms with Crippen molar-refractivity contribution in [2.75, 3.05) is 6.61 Å². The van der Waals surface area contributed by atoms with E-state index in [2.05, 4.69) is 23.8 Å². The number of alkyl halides is 1. The van der Waals surface area contributed by atoms with Crippen LogP contribution in [0.2, 0.25) is 0 Å². The van der Waals surface area contributed by atoms with Crippen LogP contribution < -0.4 is 10.5 Å². The highest BCUT2D eigenvalue weighted by Gasteiger charge is 2.22. The summed E-state index contributed by atoms with van der Waals surface area (Å²) in [6.07, 6.45) is 2.55. The Kier molecular flexibility index (Phi) is 5.89. The monoisotopic (exact) mass is 331 g/mol. The van der Waals surface area contributed by atoms with Gasteiger partial charge < -0.3 is 10.5 Å². The van der Waals surface area contributed by atoms with Crippen molar-refractivity contribution in [3.05, 3.63) is 41.9 Å². The van der Waals surface area contributed by atoms with Gasteiger partial charge >= 0.3 is 0 Å². The molecular weight excluding hydrogens is 305 g/mol. The van der Waals surface area contributed by atoms with Crippen LogP contribution in [0.4, 0.5) is 4.39 Å². The molecule has 2 N–H and O–H groups in total. The maximum Gasteiger partial charge on any atom is 0.143 e. The molecule has 2 heterocycles. The topological polar surface area (TPSA) is 61.0 Å². The largest absolute Gasteiger partial charge is 0.490 e. The van der Waals surface area contributed by atoms with Crippen molar-refractivity contribution < 1.29 is 9.13 Å². The first kappa shape index (κ1) is 18.3. The van der Waals surface area contributed by atoms with Crippen LogP contribution in [0.15, 0.2) is 30.5 Å². The van der Waals surface area contributed by atoms with E-state index in [-0.39, 0.29) is 0 Å². The molecule has 2 rings (SSSR count). The third-order valence-electron chi connectivity index (χ3n) is 3.68. The third-order valence-corrected chi connectivity index (χ3v) is 3.68. The Morgan fingerprint density at radius 3 is 2.67 bits per heavy atom. The minimum absolute atomic E-state index is 0.294. The third kappa shape index (κ3) is 4.99. The number of hydrogen-bond donors (Lipinski definition) is 1. The van der Waals surface area contributed by atoms with E-state index in [1.165, 1.54) is 0 Å². The number of pyridine rings is 2. The molecule has 1 atom stereocenters. The molecule has 0 aliphatic rings. The van der Waals surface area contributed by atoms with Gasteiger partial charge in [-0.2, -0.15) is 0 Å². The first-order valence-electron chi connectivity index (χ1n) is 8.21. The normalized spacial score (nSPS) is 13.8. The Balaban J connectivity index is 2.17. The molecule has 130 valence electrons. The molecule has 0 aliphatic carbocycles. The van der Waals surface area contributed by atoms with Crippen LogP contribution in [0, 0.1) is 12.8 Å². The van der Waals surface area contributed by atoms with Crippen molar-refractivity contribution in [3.8, 4) is 17.0 Å². The second kappa shape index (κ2) is 7.71. The van der Waals surface area contributed by atoms with Crippen molar-refractivity contribution in [2.45, 2.75) is 46.3 Å². The van der Waals surface area contributed by atoms with Crippen LogP contribution in [0.25, 0.3) is 11.3 Å². The number of aryl methyl sites for hydroxylation is 1. The highest BCUT2D eigenvalue weighted by molar-refractivity contribution is 5.60. The molecule has 2 aromatic heterocycles. The summed E-state index contributed by atoms with van der Waals surface area (Å²) in [4.78, 5) is 8.56. The zero-order valence-electron chi connectivity index (χ0n) is 14.8. The van der Waals surface area contributed by atoms with Gasteiger partial charge in [0, 0.05) is 23.0 Å². The first-order chi connectivity index (χ1) is 11.3. The average Bonchev–Trinajstić information content (AvgIpc) is 2.51. The maximum absolute atomic E-state index is 13.4. The fourth-order valence-corrected chi connectivity index (χ4v) is 2.82. The number of nitrogens with zero attached hydrogens (tertiary/aromatic N) is 2. The van der Waals surface area contributed by atoms with E-state index in [0.29, 0.717) is 29.7 Å². The van der Waals surface area contributed by atoms with E-state index < -0.39 is 12.2 Å². The van der Waals surface area contributed by atoms with Gasteiger partial charge in [0.05, 0.1) is 5.69 Å². The Hall–Kier alpha value is -2.01. The van der Waals surface area contributed by atoms with Gasteiger partial charge in [-0.05, 0) is 50.5 Å². The zero-order chi connectivity index (χ0) is 17.7. The molecule has 24 heavy (non-hydrogen) atoms. The molecule has 5 heteroatoms. The summed E-state index contributed by atoms with van der Waals surface area (Å²) in [6.45, 7) is 7.74. The van der Waals surface area contributed by atoms with Crippen molar-refractivity contribution in [3.63, 3.8) is 0 Å². The van der Waals surface area contributed by atoms with Crippen LogP contribution in [0.1, 0.15) is 38.6 Å². The lowest BCUT2D eigenvalue weighted by atomic mass is 9.93. The van der Waals surface area contributed by atoms with Crippen LogP contribution >= 0.6 is 0 Å². The Morgan fingerprint density at radius 1 is 1.29 bits per heavy atom. The number of aromatic nitrogens is 2. The van der Waals surface area contributed by atoms with Crippen LogP contribution in [0.3, 0.4) is 0 Å². The number of halogens is 1. The highest BCUT2D eigenvalue weighted by Crippen LogP contribution is 2.25. The number of hydrogen-bond acceptors (Lipinski definition) is 4. The summed E-state index contributed by atoms with van der Waals surface area (Å²) < 4.78 is 19.2. The maximum atomic E-state index is 13.4. The van der Waals surface area contributed by atoms with Gasteiger partial charge in [-0.1, -0.05) is 13.8 Å². The van der Waals surface area contributed by atoms with E-state index in [4.69, 9.17) is 10.5 Å². The van der Waals surface area contributed by atoms with Gasteiger partial charge in [0.2, 0.25) is 0 Å². The Bertz CT molecular complexity index is 686. The summed E-state index contributed by atoms with van der Waals surface area (Å²) in [5.74, 6) is 0.923. The number of rotatable bonds is 7. The minimum Gasteiger partial charge on any atom is -0.490 e. The first-order valence-corrected chi connectivity index (χ1v) is 8.21. The summed E-state index contributed by atoms with van der Waals surface area (Å²) in [7, 11) is 0. The van der Waals surface area contributed by atoms with Gasteiger partial charge in [0.15, 0.2) is 0 Å². The van der Waals surface area contributed by atoms with E-state index in [9.17, 15) is 4.39 Å². The fraction of sp³-hybridized carbons (Fsp3) is 0.474. The molecule has 0 saturated heterocycles. The van der Waals surface area contributed by atoms with Crippen molar-refractivity contribution in [1.29, 1.82) is 0 Å². The molecule has 0 bridgehead atoms. The Labute approximate surface area is 143 Å². The van der Waals surface area contributed by atoms with Crippen LogP contribution in [0.5, 0.6) is 5.75 Å². The molecule has 4 nitrogen and oxygen atoms in total. The molecule has 0 fully saturated rings. The summed E-state index contributed by atoms with van der Waals surface area (Å²) in [5, 5.41) is 0. The smallest absolute Gasteiger partial charge is 0.143 e. The zero-order valence-corrected chi connectivity index (χ0v) is 14.8. The lowest BCUT2D eigenvalue weighted by molar-refractivity contribution is 0.203. The molecule has 0 aliphatic heterocycles. The molecule has 0 amide bonds. The Morgan fingerprint density at radius 2 is 2.04 bits per heavy atom. The molecule has 0 radical (unpaired) electrons. The molecule has 0 spiro atoms. The number of ether oxygens (including phenoxy) is 1. The summed E-state index contributed by atoms with van der Waals surface area (Å²) in [5.41, 5.74) is 8.60. The predicted octanol–water partition coefficient (Wildman–Crippen LogP) is 4.06. The van der Waals surface area contributed by atoms with Crippen molar-refractivity contribution in [2.24, 2.45) is 11.7 Å². The van der Waals surface area contributed by atoms with Gasteiger partial charge in [0.25, 0.3) is 0 Å². The van der Waals surface area contributed by atoms with Gasteiger partial charge in [-0.3, -0.25) is 4.98 Å². The molecule has 0 unspecified atom stereocenters. The molecule has 0 aromatic carbocycles. The van der Waals surface area contributed by atoms with Gasteiger partial charge in [0.1, 0.15) is 24.7 Å². The van der Waals surface area contributed by atoms with Gasteiger partial charge in [-0.15, -0.1) is 0 Å². The highest BCUT2D eigenvalue weighted by atomic mass is 19.1. The van der Waals surface area contributed by atoms with Crippen molar-refractivity contribution >= 4 is 0 Å². The fourth-order valence-electron chi connectivity index (χ4n) is 2.82. The quantitative estimate of drug-likeness (QED) is 0.831. The van der Waals surface area contributed by atoms with Crippen molar-refractivity contribution in [1.82, 2.24) is 9.97 Å². The van der Waals surface area contributed by atoms with E-state index >= 15 is 0 Å². The van der Waals surface area contributed by atoms with Crippen LogP contribution in [-0.2, 0) is 6.67 Å². The van der Waals surface area contributed by atoms with E-state index in [0.717, 1.165) is 17.7 Å². The molecular formula is C19H26FN3O. The minimum atomic E-state index is -0.682. The van der Waals surface area contributed by atoms with E-state index in [1.54, 1.807) is 12.3 Å². The molecule has 0 saturated carbocycles. The van der Waals surface area contributed by atoms with Gasteiger partial charge in [-0.25, -0.2) is 9.37 Å². The predicted molar refractivity (Wildman–Crippen MR) is 94.6 cm³/mol. The molecule has 2 aromatic rings. The van der Waals surface area contributed by atoms with Crippen LogP contribution in [-0.4, -0.2) is 22.1 Å². The summed E-state index contributed by atoms with van der Waals surface area (Å²) in [6, 6.07) is 7.37. The SMILES string of the molecule is Cc1cc(-c2ccc(OC[C@@](C)(N)CC(C)C)c(CF)n2)ccn1. The lowest BCUT2D eigenvalue weighted by Crippen LogP contribution is -2.43. The average molecular weight is 331 g/mol.